The first-order valence-electron chi connectivity index (χ1n) is 6.76. The van der Waals surface area contributed by atoms with Gasteiger partial charge in [-0.15, -0.1) is 0 Å². The molecule has 4 nitrogen and oxygen atoms in total. The molecule has 1 aliphatic rings. The van der Waals surface area contributed by atoms with Gasteiger partial charge in [0.15, 0.2) is 0 Å². The molecule has 0 bridgehead atoms. The van der Waals surface area contributed by atoms with E-state index in [2.05, 4.69) is 29.6 Å². The number of hydrogen-bond donors (Lipinski definition) is 2. The summed E-state index contributed by atoms with van der Waals surface area (Å²) in [7, 11) is 0. The average Bonchev–Trinajstić information content (AvgIpc) is 3.13. The molecule has 4 heteroatoms. The monoisotopic (exact) mass is 271 g/mol. The lowest BCUT2D eigenvalue weighted by atomic mass is 10.1. The number of benzene rings is 1. The number of carboxylic acids is 1. The van der Waals surface area contributed by atoms with Crippen LogP contribution in [0.1, 0.15) is 39.8 Å². The highest BCUT2D eigenvalue weighted by Crippen LogP contribution is 2.40. The molecule has 1 fully saturated rings. The highest BCUT2D eigenvalue weighted by atomic mass is 16.4. The van der Waals surface area contributed by atoms with Crippen LogP contribution in [0.25, 0.3) is 0 Å². The molecule has 2 N–H and O–H groups in total. The Bertz CT molecular complexity index is 618. The number of furan rings is 1. The third-order valence-electron chi connectivity index (χ3n) is 3.72. The molecule has 0 aliphatic heterocycles. The molecule has 1 aliphatic carbocycles. The minimum absolute atomic E-state index is 0.0391. The van der Waals surface area contributed by atoms with Gasteiger partial charge in [-0.25, -0.2) is 4.79 Å². The van der Waals surface area contributed by atoms with Crippen LogP contribution in [-0.2, 0) is 6.54 Å². The lowest BCUT2D eigenvalue weighted by Crippen LogP contribution is -2.16. The zero-order valence-electron chi connectivity index (χ0n) is 11.3. The largest absolute Gasteiger partial charge is 0.475 e. The topological polar surface area (TPSA) is 62.5 Å². The normalized spacial score (nSPS) is 20.9. The Balaban J connectivity index is 1.57. The minimum Gasteiger partial charge on any atom is -0.475 e. The highest BCUT2D eigenvalue weighted by molar-refractivity contribution is 5.86. The van der Waals surface area contributed by atoms with E-state index >= 15 is 0 Å². The van der Waals surface area contributed by atoms with Crippen molar-refractivity contribution >= 4 is 5.97 Å². The third kappa shape index (κ3) is 2.60. The Morgan fingerprint density at radius 1 is 1.40 bits per heavy atom. The van der Waals surface area contributed by atoms with Crippen molar-refractivity contribution in [3.05, 3.63) is 59.0 Å². The molecule has 1 saturated carbocycles. The summed E-state index contributed by atoms with van der Waals surface area (Å²) >= 11 is 0. The van der Waals surface area contributed by atoms with Gasteiger partial charge in [0.25, 0.3) is 0 Å². The van der Waals surface area contributed by atoms with Crippen molar-refractivity contribution in [2.24, 2.45) is 0 Å². The molecule has 20 heavy (non-hydrogen) atoms. The Kier molecular flexibility index (Phi) is 3.32. The van der Waals surface area contributed by atoms with Gasteiger partial charge in [0.2, 0.25) is 5.76 Å². The second kappa shape index (κ2) is 5.13. The van der Waals surface area contributed by atoms with E-state index in [1.54, 1.807) is 13.0 Å². The van der Waals surface area contributed by atoms with E-state index in [0.29, 0.717) is 29.8 Å². The summed E-state index contributed by atoms with van der Waals surface area (Å²) in [6.07, 6.45) is 1.12. The average molecular weight is 271 g/mol. The lowest BCUT2D eigenvalue weighted by Gasteiger charge is -2.02. The third-order valence-corrected chi connectivity index (χ3v) is 3.72. The number of carbonyl (C=O) groups is 1. The number of nitrogens with one attached hydrogen (secondary N) is 1. The predicted octanol–water partition coefficient (Wildman–Crippen LogP) is 2.93. The molecule has 0 saturated heterocycles. The van der Waals surface area contributed by atoms with E-state index < -0.39 is 5.97 Å². The van der Waals surface area contributed by atoms with E-state index in [1.165, 1.54) is 5.56 Å². The molecule has 1 aromatic carbocycles. The maximum atomic E-state index is 10.9. The summed E-state index contributed by atoms with van der Waals surface area (Å²) < 4.78 is 5.33. The van der Waals surface area contributed by atoms with Crippen molar-refractivity contribution in [3.8, 4) is 0 Å². The van der Waals surface area contributed by atoms with Crippen LogP contribution < -0.4 is 5.32 Å². The van der Waals surface area contributed by atoms with E-state index in [0.717, 1.165) is 6.42 Å². The van der Waals surface area contributed by atoms with Gasteiger partial charge in [-0.1, -0.05) is 30.3 Å². The number of carboxylic acid groups (broad SMARTS) is 1. The first-order chi connectivity index (χ1) is 9.65. The SMILES string of the molecule is Cc1cc(CNC2CC2c2ccccc2)oc1C(=O)O. The van der Waals surface area contributed by atoms with Crippen molar-refractivity contribution in [1.29, 1.82) is 0 Å². The summed E-state index contributed by atoms with van der Waals surface area (Å²) in [5.41, 5.74) is 2.02. The molecule has 104 valence electrons. The molecule has 3 rings (SSSR count). The zero-order valence-corrected chi connectivity index (χ0v) is 11.3. The maximum absolute atomic E-state index is 10.9. The van der Waals surface area contributed by atoms with Gasteiger partial charge in [-0.3, -0.25) is 0 Å². The van der Waals surface area contributed by atoms with Crippen LogP contribution in [0.3, 0.4) is 0 Å². The Hall–Kier alpha value is -2.07. The summed E-state index contributed by atoms with van der Waals surface area (Å²) in [4.78, 5) is 10.9. The predicted molar refractivity (Wildman–Crippen MR) is 74.8 cm³/mol. The lowest BCUT2D eigenvalue weighted by molar-refractivity contribution is 0.0659. The Labute approximate surface area is 117 Å². The fraction of sp³-hybridized carbons (Fsp3) is 0.312. The van der Waals surface area contributed by atoms with Crippen LogP contribution in [0.5, 0.6) is 0 Å². The highest BCUT2D eigenvalue weighted by Gasteiger charge is 2.37. The van der Waals surface area contributed by atoms with Gasteiger partial charge < -0.3 is 14.8 Å². The van der Waals surface area contributed by atoms with Crippen LogP contribution in [0.2, 0.25) is 0 Å². The van der Waals surface area contributed by atoms with Gasteiger partial charge >= 0.3 is 5.97 Å². The Morgan fingerprint density at radius 2 is 2.15 bits per heavy atom. The number of rotatable bonds is 5. The summed E-state index contributed by atoms with van der Waals surface area (Å²) in [6.45, 7) is 2.32. The number of hydrogen-bond acceptors (Lipinski definition) is 3. The van der Waals surface area contributed by atoms with Crippen LogP contribution in [0.4, 0.5) is 0 Å². The molecule has 0 radical (unpaired) electrons. The minimum atomic E-state index is -1.01. The van der Waals surface area contributed by atoms with Gasteiger partial charge in [0.05, 0.1) is 6.54 Å². The van der Waals surface area contributed by atoms with Crippen LogP contribution in [-0.4, -0.2) is 17.1 Å². The van der Waals surface area contributed by atoms with Crippen molar-refractivity contribution in [2.75, 3.05) is 0 Å². The summed E-state index contributed by atoms with van der Waals surface area (Å²) in [5.74, 6) is 0.268. The number of aryl methyl sites for hydroxylation is 1. The second-order valence-electron chi connectivity index (χ2n) is 5.27. The molecule has 0 amide bonds. The van der Waals surface area contributed by atoms with E-state index in [1.807, 2.05) is 6.07 Å². The molecule has 2 unspecified atom stereocenters. The first kappa shape index (κ1) is 12.9. The van der Waals surface area contributed by atoms with E-state index in [9.17, 15) is 4.79 Å². The summed E-state index contributed by atoms with van der Waals surface area (Å²) in [5, 5.41) is 12.4. The van der Waals surface area contributed by atoms with Crippen molar-refractivity contribution in [1.82, 2.24) is 5.32 Å². The fourth-order valence-corrected chi connectivity index (χ4v) is 2.57. The second-order valence-corrected chi connectivity index (χ2v) is 5.27. The quantitative estimate of drug-likeness (QED) is 0.877. The zero-order chi connectivity index (χ0) is 14.1. The van der Waals surface area contributed by atoms with Gasteiger partial charge in [0.1, 0.15) is 5.76 Å². The van der Waals surface area contributed by atoms with Crippen LogP contribution in [0, 0.1) is 6.92 Å². The molecule has 1 heterocycles. The molecule has 0 spiro atoms. The fourth-order valence-electron chi connectivity index (χ4n) is 2.57. The van der Waals surface area contributed by atoms with E-state index in [-0.39, 0.29) is 5.76 Å². The van der Waals surface area contributed by atoms with Crippen molar-refractivity contribution in [3.63, 3.8) is 0 Å². The smallest absolute Gasteiger partial charge is 0.372 e. The number of aromatic carboxylic acids is 1. The van der Waals surface area contributed by atoms with Gasteiger partial charge in [0, 0.05) is 17.5 Å². The van der Waals surface area contributed by atoms with Crippen LogP contribution in [0.15, 0.2) is 40.8 Å². The molecule has 2 aromatic rings. The Morgan fingerprint density at radius 3 is 2.80 bits per heavy atom. The standard InChI is InChI=1S/C16H17NO3/c1-10-7-12(20-15(10)16(18)19)9-17-14-8-13(14)11-5-3-2-4-6-11/h2-7,13-14,17H,8-9H2,1H3,(H,18,19). The first-order valence-corrected chi connectivity index (χ1v) is 6.76. The molecule has 2 atom stereocenters. The van der Waals surface area contributed by atoms with Crippen molar-refractivity contribution < 1.29 is 14.3 Å². The van der Waals surface area contributed by atoms with Gasteiger partial charge in [-0.2, -0.15) is 0 Å². The van der Waals surface area contributed by atoms with Crippen LogP contribution >= 0.6 is 0 Å². The van der Waals surface area contributed by atoms with Gasteiger partial charge in [-0.05, 0) is 25.0 Å². The van der Waals surface area contributed by atoms with Crippen molar-refractivity contribution in [2.45, 2.75) is 31.8 Å². The summed E-state index contributed by atoms with van der Waals surface area (Å²) in [6, 6.07) is 12.7. The molecular formula is C16H17NO3. The molecular weight excluding hydrogens is 254 g/mol. The van der Waals surface area contributed by atoms with E-state index in [4.69, 9.17) is 9.52 Å². The molecule has 1 aromatic heterocycles. The maximum Gasteiger partial charge on any atom is 0.372 e.